The minimum absolute atomic E-state index is 0.119. The molecule has 174 valence electrons. The van der Waals surface area contributed by atoms with Crippen LogP contribution in [0.2, 0.25) is 5.02 Å². The van der Waals surface area contributed by atoms with E-state index >= 15 is 0 Å². The Balaban J connectivity index is 1.46. The van der Waals surface area contributed by atoms with Crippen LogP contribution in [0.4, 0.5) is 5.69 Å². The number of carbonyl (C=O) groups is 1. The molecule has 6 nitrogen and oxygen atoms in total. The molecule has 4 rings (SSSR count). The molecule has 0 fully saturated rings. The van der Waals surface area contributed by atoms with E-state index in [4.69, 9.17) is 16.3 Å². The lowest BCUT2D eigenvalue weighted by atomic mass is 10.1. The molecule has 1 unspecified atom stereocenters. The average molecular weight is 493 g/mol. The maximum Gasteiger partial charge on any atom is 0.234 e. The van der Waals surface area contributed by atoms with Gasteiger partial charge in [0.2, 0.25) is 5.91 Å². The molecule has 1 aromatic heterocycles. The summed E-state index contributed by atoms with van der Waals surface area (Å²) in [4.78, 5) is 12.7. The first-order valence-corrected chi connectivity index (χ1v) is 12.2. The number of anilines is 1. The highest BCUT2D eigenvalue weighted by atomic mass is 35.5. The van der Waals surface area contributed by atoms with Gasteiger partial charge in [-0.3, -0.25) is 9.36 Å². The summed E-state index contributed by atoms with van der Waals surface area (Å²) in [6.07, 6.45) is 1.37. The van der Waals surface area contributed by atoms with E-state index in [2.05, 4.69) is 22.1 Å². The summed E-state index contributed by atoms with van der Waals surface area (Å²) in [6.45, 7) is 8.20. The second-order valence-corrected chi connectivity index (χ2v) is 9.15. The maximum absolute atomic E-state index is 12.7. The molecular weight excluding hydrogens is 468 g/mol. The summed E-state index contributed by atoms with van der Waals surface area (Å²) in [5.41, 5.74) is 1.83. The molecule has 1 atom stereocenters. The highest BCUT2D eigenvalue weighted by molar-refractivity contribution is 7.99. The maximum atomic E-state index is 12.7. The highest BCUT2D eigenvalue weighted by Gasteiger charge is 2.20. The normalized spacial score (nSPS) is 11.9. The molecule has 8 heteroatoms. The van der Waals surface area contributed by atoms with Gasteiger partial charge < -0.3 is 10.1 Å². The van der Waals surface area contributed by atoms with Crippen LogP contribution in [-0.4, -0.2) is 26.4 Å². The Hall–Kier alpha value is -3.29. The molecule has 0 radical (unpaired) electrons. The number of aryl methyl sites for hydroxylation is 1. The summed E-state index contributed by atoms with van der Waals surface area (Å²) >= 11 is 7.61. The van der Waals surface area contributed by atoms with Gasteiger partial charge in [0.25, 0.3) is 0 Å². The van der Waals surface area contributed by atoms with Crippen LogP contribution in [0.3, 0.4) is 0 Å². The van der Waals surface area contributed by atoms with E-state index in [0.717, 1.165) is 22.0 Å². The second kappa shape index (κ2) is 10.8. The molecule has 34 heavy (non-hydrogen) atoms. The van der Waals surface area contributed by atoms with Crippen molar-refractivity contribution in [2.75, 3.05) is 11.1 Å². The summed E-state index contributed by atoms with van der Waals surface area (Å²) in [5, 5.41) is 14.9. The third kappa shape index (κ3) is 5.43. The Bertz CT molecular complexity index is 1330. The highest BCUT2D eigenvalue weighted by Crippen LogP contribution is 2.31. The second-order valence-electron chi connectivity index (χ2n) is 7.80. The lowest BCUT2D eigenvalue weighted by molar-refractivity contribution is -0.113. The first-order chi connectivity index (χ1) is 16.5. The molecule has 0 saturated carbocycles. The number of hydrogen-bond acceptors (Lipinski definition) is 5. The Morgan fingerprint density at radius 3 is 2.82 bits per heavy atom. The van der Waals surface area contributed by atoms with E-state index < -0.39 is 6.10 Å². The molecular formula is C26H25ClN4O2S. The van der Waals surface area contributed by atoms with E-state index in [-0.39, 0.29) is 11.7 Å². The van der Waals surface area contributed by atoms with E-state index in [1.165, 1.54) is 11.8 Å². The molecule has 0 aliphatic rings. The number of hydrogen-bond donors (Lipinski definition) is 1. The van der Waals surface area contributed by atoms with Gasteiger partial charge in [-0.25, -0.2) is 0 Å². The van der Waals surface area contributed by atoms with Crippen molar-refractivity contribution in [3.8, 4) is 5.75 Å². The number of halogens is 1. The first-order valence-electron chi connectivity index (χ1n) is 10.8. The minimum atomic E-state index is -0.398. The largest absolute Gasteiger partial charge is 0.481 e. The number of amides is 1. The lowest BCUT2D eigenvalue weighted by Crippen LogP contribution is -2.15. The standard InChI is InChI=1S/C26H25ClN4O2S/c1-4-14-31-25(18(3)33-23-15-17(2)12-13-21(23)27)29-30-26(31)34-16-24(32)28-22-11-7-9-19-8-5-6-10-20(19)22/h4-13,15,18H,1,14,16H2,2-3H3,(H,28,32). The molecule has 0 aliphatic heterocycles. The Morgan fingerprint density at radius 1 is 1.21 bits per heavy atom. The number of nitrogens with one attached hydrogen (secondary N) is 1. The molecule has 1 heterocycles. The molecule has 0 spiro atoms. The number of ether oxygens (including phenoxy) is 1. The monoisotopic (exact) mass is 492 g/mol. The Morgan fingerprint density at radius 2 is 2.00 bits per heavy atom. The number of thioether (sulfide) groups is 1. The van der Waals surface area contributed by atoms with Crippen LogP contribution in [0.5, 0.6) is 5.75 Å². The van der Waals surface area contributed by atoms with Gasteiger partial charge >= 0.3 is 0 Å². The smallest absolute Gasteiger partial charge is 0.234 e. The number of rotatable bonds is 9. The third-order valence-electron chi connectivity index (χ3n) is 5.21. The number of fused-ring (bicyclic) bond motifs is 1. The summed E-state index contributed by atoms with van der Waals surface area (Å²) in [7, 11) is 0. The van der Waals surface area contributed by atoms with Crippen molar-refractivity contribution >= 4 is 45.7 Å². The molecule has 0 aliphatic carbocycles. The fourth-order valence-electron chi connectivity index (χ4n) is 3.60. The van der Waals surface area contributed by atoms with E-state index in [1.807, 2.05) is 79.1 Å². The predicted molar refractivity (Wildman–Crippen MR) is 139 cm³/mol. The van der Waals surface area contributed by atoms with Crippen LogP contribution in [0, 0.1) is 6.92 Å². The van der Waals surface area contributed by atoms with Crippen molar-refractivity contribution < 1.29 is 9.53 Å². The number of carbonyl (C=O) groups excluding carboxylic acids is 1. The number of nitrogens with zero attached hydrogens (tertiary/aromatic N) is 3. The van der Waals surface area contributed by atoms with Crippen LogP contribution in [0.25, 0.3) is 10.8 Å². The van der Waals surface area contributed by atoms with Crippen molar-refractivity contribution in [1.82, 2.24) is 14.8 Å². The molecule has 0 saturated heterocycles. The molecule has 4 aromatic rings. The third-order valence-corrected chi connectivity index (χ3v) is 6.49. The van der Waals surface area contributed by atoms with Crippen LogP contribution < -0.4 is 10.1 Å². The van der Waals surface area contributed by atoms with Gasteiger partial charge in [0, 0.05) is 17.6 Å². The van der Waals surface area contributed by atoms with Gasteiger partial charge in [-0.1, -0.05) is 71.9 Å². The van der Waals surface area contributed by atoms with E-state index in [0.29, 0.717) is 28.3 Å². The fourth-order valence-corrected chi connectivity index (χ4v) is 4.52. The SMILES string of the molecule is C=CCn1c(SCC(=O)Nc2cccc3ccccc23)nnc1C(C)Oc1cc(C)ccc1Cl. The minimum Gasteiger partial charge on any atom is -0.481 e. The number of benzene rings is 3. The quantitative estimate of drug-likeness (QED) is 0.215. The Labute approximate surface area is 208 Å². The summed E-state index contributed by atoms with van der Waals surface area (Å²) in [6, 6.07) is 19.4. The van der Waals surface area contributed by atoms with Gasteiger partial charge in [0.05, 0.1) is 10.8 Å². The van der Waals surface area contributed by atoms with Crippen molar-refractivity contribution in [2.24, 2.45) is 0 Å². The Kier molecular flexibility index (Phi) is 7.55. The van der Waals surface area contributed by atoms with Crippen LogP contribution >= 0.6 is 23.4 Å². The summed E-state index contributed by atoms with van der Waals surface area (Å²) in [5.74, 6) is 1.30. The average Bonchev–Trinajstić information content (AvgIpc) is 3.23. The molecule has 1 amide bonds. The van der Waals surface area contributed by atoms with Crippen LogP contribution in [0.1, 0.15) is 24.4 Å². The van der Waals surface area contributed by atoms with Crippen LogP contribution in [0.15, 0.2) is 78.5 Å². The first kappa shape index (κ1) is 23.9. The number of aromatic nitrogens is 3. The van der Waals surface area contributed by atoms with Crippen molar-refractivity contribution in [3.63, 3.8) is 0 Å². The molecule has 1 N–H and O–H groups in total. The van der Waals surface area contributed by atoms with E-state index in [9.17, 15) is 4.79 Å². The van der Waals surface area contributed by atoms with Gasteiger partial charge in [-0.2, -0.15) is 0 Å². The number of allylic oxidation sites excluding steroid dienone is 1. The van der Waals surface area contributed by atoms with Crippen molar-refractivity contribution in [3.05, 3.63) is 89.7 Å². The lowest BCUT2D eigenvalue weighted by Gasteiger charge is -2.17. The zero-order valence-corrected chi connectivity index (χ0v) is 20.6. The van der Waals surface area contributed by atoms with Gasteiger partial charge in [0.1, 0.15) is 5.75 Å². The zero-order valence-electron chi connectivity index (χ0n) is 19.0. The van der Waals surface area contributed by atoms with Gasteiger partial charge in [-0.15, -0.1) is 16.8 Å². The van der Waals surface area contributed by atoms with Gasteiger partial charge in [0.15, 0.2) is 17.1 Å². The fraction of sp³-hybridized carbons (Fsp3) is 0.192. The molecule has 0 bridgehead atoms. The molecule has 3 aromatic carbocycles. The van der Waals surface area contributed by atoms with Crippen molar-refractivity contribution in [1.29, 1.82) is 0 Å². The topological polar surface area (TPSA) is 69.0 Å². The zero-order chi connectivity index (χ0) is 24.1. The van der Waals surface area contributed by atoms with Crippen LogP contribution in [-0.2, 0) is 11.3 Å². The predicted octanol–water partition coefficient (Wildman–Crippen LogP) is 6.45. The van der Waals surface area contributed by atoms with E-state index in [1.54, 1.807) is 6.08 Å². The van der Waals surface area contributed by atoms with Crippen molar-refractivity contribution in [2.45, 2.75) is 31.7 Å². The summed E-state index contributed by atoms with van der Waals surface area (Å²) < 4.78 is 7.98. The van der Waals surface area contributed by atoms with Gasteiger partial charge in [-0.05, 0) is 43.0 Å².